The average Bonchev–Trinajstić information content (AvgIpc) is 2.70. The predicted octanol–water partition coefficient (Wildman–Crippen LogP) is 2.78. The van der Waals surface area contributed by atoms with Gasteiger partial charge in [0.05, 0.1) is 11.2 Å². The number of aryl methyl sites for hydroxylation is 1. The molecule has 28 heavy (non-hydrogen) atoms. The molecule has 0 radical (unpaired) electrons. The van der Waals surface area contributed by atoms with Crippen LogP contribution < -0.4 is 10.3 Å². The molecule has 2 aromatic carbocycles. The second-order valence-corrected chi connectivity index (χ2v) is 6.87. The van der Waals surface area contributed by atoms with E-state index in [4.69, 9.17) is 0 Å². The van der Waals surface area contributed by atoms with Gasteiger partial charge in [0, 0.05) is 44.8 Å². The molecule has 2 heterocycles. The van der Waals surface area contributed by atoms with Crippen molar-refractivity contribution < 1.29 is 13.6 Å². The van der Waals surface area contributed by atoms with Gasteiger partial charge in [-0.3, -0.25) is 9.59 Å². The number of aromatic nitrogens is 1. The van der Waals surface area contributed by atoms with Gasteiger partial charge in [-0.05, 0) is 30.3 Å². The summed E-state index contributed by atoms with van der Waals surface area (Å²) in [6.45, 7) is 1.68. The minimum Gasteiger partial charge on any atom is -0.366 e. The summed E-state index contributed by atoms with van der Waals surface area (Å²) in [7, 11) is 1.71. The first-order chi connectivity index (χ1) is 13.5. The molecule has 0 aliphatic carbocycles. The zero-order chi connectivity index (χ0) is 19.8. The lowest BCUT2D eigenvalue weighted by Crippen LogP contribution is -2.49. The average molecular weight is 383 g/mol. The SMILES string of the molecule is Cn1cc(C(=O)N2CCN(c3ccccc3F)CC2)c(=O)c2cc(F)ccc21. The molecule has 1 amide bonds. The van der Waals surface area contributed by atoms with Gasteiger partial charge in [-0.25, -0.2) is 8.78 Å². The number of halogens is 2. The van der Waals surface area contributed by atoms with Crippen LogP contribution in [0.1, 0.15) is 10.4 Å². The third-order valence-electron chi connectivity index (χ3n) is 5.14. The minimum absolute atomic E-state index is 0.0138. The summed E-state index contributed by atoms with van der Waals surface area (Å²) in [6, 6.07) is 10.5. The maximum atomic E-state index is 14.0. The van der Waals surface area contributed by atoms with Gasteiger partial charge in [-0.2, -0.15) is 0 Å². The molecule has 0 unspecified atom stereocenters. The molecule has 1 fully saturated rings. The van der Waals surface area contributed by atoms with Crippen LogP contribution in [-0.2, 0) is 7.05 Å². The zero-order valence-electron chi connectivity index (χ0n) is 15.4. The number of amides is 1. The van der Waals surface area contributed by atoms with Gasteiger partial charge in [0.2, 0.25) is 5.43 Å². The summed E-state index contributed by atoms with van der Waals surface area (Å²) in [6.07, 6.45) is 1.49. The van der Waals surface area contributed by atoms with Crippen LogP contribution in [0, 0.1) is 11.6 Å². The van der Waals surface area contributed by atoms with Crippen molar-refractivity contribution in [1.82, 2.24) is 9.47 Å². The lowest BCUT2D eigenvalue weighted by Gasteiger charge is -2.36. The Kier molecular flexibility index (Phi) is 4.58. The lowest BCUT2D eigenvalue weighted by molar-refractivity contribution is 0.0745. The molecule has 0 bridgehead atoms. The molecule has 1 aliphatic heterocycles. The van der Waals surface area contributed by atoms with Gasteiger partial charge < -0.3 is 14.4 Å². The van der Waals surface area contributed by atoms with E-state index in [1.54, 1.807) is 34.7 Å². The Morgan fingerprint density at radius 2 is 1.71 bits per heavy atom. The van der Waals surface area contributed by atoms with E-state index in [0.29, 0.717) is 37.4 Å². The molecule has 4 rings (SSSR count). The molecule has 0 atom stereocenters. The summed E-state index contributed by atoms with van der Waals surface area (Å²) in [5.41, 5.74) is 0.605. The zero-order valence-corrected chi connectivity index (χ0v) is 15.4. The number of rotatable bonds is 2. The molecule has 5 nitrogen and oxygen atoms in total. The number of para-hydroxylation sites is 1. The Labute approximate surface area is 160 Å². The minimum atomic E-state index is -0.521. The van der Waals surface area contributed by atoms with Crippen molar-refractivity contribution in [3.63, 3.8) is 0 Å². The number of hydrogen-bond acceptors (Lipinski definition) is 3. The van der Waals surface area contributed by atoms with Gasteiger partial charge >= 0.3 is 0 Å². The first-order valence-electron chi connectivity index (χ1n) is 9.03. The highest BCUT2D eigenvalue weighted by Crippen LogP contribution is 2.21. The third-order valence-corrected chi connectivity index (χ3v) is 5.14. The Morgan fingerprint density at radius 3 is 2.43 bits per heavy atom. The number of fused-ring (bicyclic) bond motifs is 1. The molecular formula is C21H19F2N3O2. The molecule has 7 heteroatoms. The van der Waals surface area contributed by atoms with E-state index < -0.39 is 11.2 Å². The van der Waals surface area contributed by atoms with Crippen LogP contribution in [0.4, 0.5) is 14.5 Å². The van der Waals surface area contributed by atoms with Crippen molar-refractivity contribution in [1.29, 1.82) is 0 Å². The van der Waals surface area contributed by atoms with Crippen LogP contribution >= 0.6 is 0 Å². The van der Waals surface area contributed by atoms with Crippen LogP contribution in [0.5, 0.6) is 0 Å². The van der Waals surface area contributed by atoms with Crippen LogP contribution in [0.2, 0.25) is 0 Å². The highest BCUT2D eigenvalue weighted by atomic mass is 19.1. The van der Waals surface area contributed by atoms with Crippen molar-refractivity contribution in [2.24, 2.45) is 7.05 Å². The van der Waals surface area contributed by atoms with E-state index in [1.807, 2.05) is 4.90 Å². The van der Waals surface area contributed by atoms with E-state index in [0.717, 1.165) is 6.07 Å². The van der Waals surface area contributed by atoms with E-state index in [2.05, 4.69) is 0 Å². The van der Waals surface area contributed by atoms with Gasteiger partial charge in [-0.1, -0.05) is 12.1 Å². The highest BCUT2D eigenvalue weighted by molar-refractivity contribution is 5.97. The lowest BCUT2D eigenvalue weighted by atomic mass is 10.1. The van der Waals surface area contributed by atoms with Gasteiger partial charge in [0.25, 0.3) is 5.91 Å². The quantitative estimate of drug-likeness (QED) is 0.684. The number of anilines is 1. The fraction of sp³-hybridized carbons (Fsp3) is 0.238. The smallest absolute Gasteiger partial charge is 0.259 e. The summed E-state index contributed by atoms with van der Waals surface area (Å²) in [4.78, 5) is 29.2. The van der Waals surface area contributed by atoms with Crippen LogP contribution in [0.25, 0.3) is 10.9 Å². The van der Waals surface area contributed by atoms with E-state index >= 15 is 0 Å². The maximum Gasteiger partial charge on any atom is 0.259 e. The topological polar surface area (TPSA) is 45.6 Å². The van der Waals surface area contributed by atoms with Crippen molar-refractivity contribution in [2.45, 2.75) is 0 Å². The number of carbonyl (C=O) groups is 1. The fourth-order valence-corrected chi connectivity index (χ4v) is 3.65. The number of hydrogen-bond donors (Lipinski definition) is 0. The Balaban J connectivity index is 1.59. The molecule has 144 valence electrons. The monoisotopic (exact) mass is 383 g/mol. The second kappa shape index (κ2) is 7.07. The third kappa shape index (κ3) is 3.13. The number of benzene rings is 2. The van der Waals surface area contributed by atoms with Crippen molar-refractivity contribution in [3.05, 3.63) is 76.1 Å². The molecule has 3 aromatic rings. The number of pyridine rings is 1. The summed E-state index contributed by atoms with van der Waals surface area (Å²) in [5, 5.41) is 0.179. The molecule has 0 N–H and O–H groups in total. The van der Waals surface area contributed by atoms with Crippen LogP contribution in [0.15, 0.2) is 53.5 Å². The van der Waals surface area contributed by atoms with E-state index in [1.165, 1.54) is 24.4 Å². The highest BCUT2D eigenvalue weighted by Gasteiger charge is 2.26. The molecule has 0 saturated carbocycles. The molecule has 0 spiro atoms. The van der Waals surface area contributed by atoms with Crippen LogP contribution in [-0.4, -0.2) is 41.6 Å². The van der Waals surface area contributed by atoms with E-state index in [-0.39, 0.29) is 22.7 Å². The summed E-state index contributed by atoms with van der Waals surface area (Å²) in [5.74, 6) is -1.21. The van der Waals surface area contributed by atoms with Gasteiger partial charge in [0.1, 0.15) is 17.2 Å². The molecular weight excluding hydrogens is 364 g/mol. The first kappa shape index (κ1) is 18.2. The Hall–Kier alpha value is -3.22. The molecule has 1 aliphatic rings. The predicted molar refractivity (Wildman–Crippen MR) is 104 cm³/mol. The Morgan fingerprint density at radius 1 is 1.00 bits per heavy atom. The first-order valence-corrected chi connectivity index (χ1v) is 9.03. The maximum absolute atomic E-state index is 14.0. The number of nitrogens with zero attached hydrogens (tertiary/aromatic N) is 3. The second-order valence-electron chi connectivity index (χ2n) is 6.87. The van der Waals surface area contributed by atoms with Gasteiger partial charge in [0.15, 0.2) is 0 Å². The van der Waals surface area contributed by atoms with Gasteiger partial charge in [-0.15, -0.1) is 0 Å². The van der Waals surface area contributed by atoms with Crippen molar-refractivity contribution >= 4 is 22.5 Å². The summed E-state index contributed by atoms with van der Waals surface area (Å²) < 4.78 is 29.2. The van der Waals surface area contributed by atoms with Crippen molar-refractivity contribution in [3.8, 4) is 0 Å². The summed E-state index contributed by atoms with van der Waals surface area (Å²) >= 11 is 0. The standard InChI is InChI=1S/C21H19F2N3O2/c1-24-13-16(20(27)15-12-14(22)6-7-18(15)24)21(28)26-10-8-25(9-11-26)19-5-3-2-4-17(19)23/h2-7,12-13H,8-11H2,1H3. The van der Waals surface area contributed by atoms with Crippen molar-refractivity contribution in [2.75, 3.05) is 31.1 Å². The van der Waals surface area contributed by atoms with E-state index in [9.17, 15) is 18.4 Å². The number of carbonyl (C=O) groups excluding carboxylic acids is 1. The molecule has 1 aromatic heterocycles. The fourth-order valence-electron chi connectivity index (χ4n) is 3.65. The normalized spacial score (nSPS) is 14.5. The molecule has 1 saturated heterocycles. The van der Waals surface area contributed by atoms with Crippen LogP contribution in [0.3, 0.4) is 0 Å². The Bertz CT molecular complexity index is 1120. The number of piperazine rings is 1. The largest absolute Gasteiger partial charge is 0.366 e.